The van der Waals surface area contributed by atoms with Crippen molar-refractivity contribution < 1.29 is 27.4 Å². The summed E-state index contributed by atoms with van der Waals surface area (Å²) in [5.74, 6) is 0.418. The van der Waals surface area contributed by atoms with E-state index in [2.05, 4.69) is 4.72 Å². The van der Waals surface area contributed by atoms with Gasteiger partial charge in [0, 0.05) is 11.8 Å². The zero-order valence-corrected chi connectivity index (χ0v) is 17.6. The number of carbonyl (C=O) groups excluding carboxylic acids is 1. The van der Waals surface area contributed by atoms with Crippen LogP contribution in [0.15, 0.2) is 71.6 Å². The second-order valence-electron chi connectivity index (χ2n) is 7.05. The summed E-state index contributed by atoms with van der Waals surface area (Å²) in [6.45, 7) is 2.94. The Bertz CT molecular complexity index is 1190. The van der Waals surface area contributed by atoms with E-state index >= 15 is 0 Å². The minimum absolute atomic E-state index is 0.0540. The van der Waals surface area contributed by atoms with Crippen molar-refractivity contribution >= 4 is 21.7 Å². The lowest BCUT2D eigenvalue weighted by atomic mass is 10.2. The first-order chi connectivity index (χ1) is 14.9. The number of rotatable bonds is 6. The van der Waals surface area contributed by atoms with Crippen LogP contribution in [0, 0.1) is 6.92 Å². The summed E-state index contributed by atoms with van der Waals surface area (Å²) in [5.41, 5.74) is 2.67. The van der Waals surface area contributed by atoms with E-state index in [-0.39, 0.29) is 11.5 Å². The van der Waals surface area contributed by atoms with Gasteiger partial charge in [-0.2, -0.15) is 0 Å². The molecular weight excluding hydrogens is 418 g/mol. The molecule has 1 heterocycles. The molecule has 160 valence electrons. The minimum Gasteiger partial charge on any atom is -0.486 e. The van der Waals surface area contributed by atoms with Crippen molar-refractivity contribution in [3.8, 4) is 11.5 Å². The van der Waals surface area contributed by atoms with E-state index < -0.39 is 16.0 Å². The molecule has 3 aromatic rings. The van der Waals surface area contributed by atoms with Gasteiger partial charge in [0.05, 0.1) is 10.5 Å². The average Bonchev–Trinajstić information content (AvgIpc) is 2.78. The average molecular weight is 439 g/mol. The smallest absolute Gasteiger partial charge is 0.338 e. The van der Waals surface area contributed by atoms with Gasteiger partial charge in [-0.3, -0.25) is 4.72 Å². The molecule has 0 radical (unpaired) electrons. The molecule has 0 saturated heterocycles. The van der Waals surface area contributed by atoms with Gasteiger partial charge in [0.15, 0.2) is 11.5 Å². The van der Waals surface area contributed by atoms with E-state index in [1.165, 1.54) is 36.4 Å². The third kappa shape index (κ3) is 4.97. The van der Waals surface area contributed by atoms with Crippen molar-refractivity contribution in [3.05, 3.63) is 83.4 Å². The third-order valence-electron chi connectivity index (χ3n) is 4.69. The highest BCUT2D eigenvalue weighted by atomic mass is 32.2. The summed E-state index contributed by atoms with van der Waals surface area (Å²) in [6, 6.07) is 18.2. The van der Waals surface area contributed by atoms with Gasteiger partial charge in [0.1, 0.15) is 19.8 Å². The highest BCUT2D eigenvalue weighted by Gasteiger charge is 2.19. The Kier molecular flexibility index (Phi) is 5.81. The molecule has 8 heteroatoms. The van der Waals surface area contributed by atoms with Gasteiger partial charge in [-0.05, 0) is 48.9 Å². The number of carbonyl (C=O) groups is 1. The Hall–Kier alpha value is -3.52. The van der Waals surface area contributed by atoms with Crippen LogP contribution in [0.25, 0.3) is 0 Å². The predicted molar refractivity (Wildman–Crippen MR) is 115 cm³/mol. The molecular formula is C23H21NO6S. The SMILES string of the molecule is Cc1ccc(COC(=O)c2ccc(NS(=O)(=O)c3ccc4c(c3)OCCO4)cc2)cc1. The van der Waals surface area contributed by atoms with Crippen LogP contribution >= 0.6 is 0 Å². The maximum Gasteiger partial charge on any atom is 0.338 e. The normalized spacial score (nSPS) is 12.8. The van der Waals surface area contributed by atoms with Gasteiger partial charge < -0.3 is 14.2 Å². The van der Waals surface area contributed by atoms with Crippen LogP contribution in [0.5, 0.6) is 11.5 Å². The molecule has 0 amide bonds. The summed E-state index contributed by atoms with van der Waals surface area (Å²) in [4.78, 5) is 12.3. The van der Waals surface area contributed by atoms with Crippen LogP contribution in [0.4, 0.5) is 5.69 Å². The zero-order chi connectivity index (χ0) is 21.8. The number of fused-ring (bicyclic) bond motifs is 1. The topological polar surface area (TPSA) is 90.9 Å². The Morgan fingerprint density at radius 1 is 0.935 bits per heavy atom. The van der Waals surface area contributed by atoms with Crippen molar-refractivity contribution in [1.29, 1.82) is 0 Å². The van der Waals surface area contributed by atoms with Crippen LogP contribution in [0.2, 0.25) is 0 Å². The molecule has 0 unspecified atom stereocenters. The Balaban J connectivity index is 1.40. The first kappa shape index (κ1) is 20.7. The molecule has 1 aliphatic rings. The van der Waals surface area contributed by atoms with Gasteiger partial charge in [0.2, 0.25) is 0 Å². The number of hydrogen-bond donors (Lipinski definition) is 1. The Morgan fingerprint density at radius 2 is 1.61 bits per heavy atom. The molecule has 0 saturated carbocycles. The van der Waals surface area contributed by atoms with E-state index in [0.29, 0.717) is 36.0 Å². The zero-order valence-electron chi connectivity index (χ0n) is 16.8. The van der Waals surface area contributed by atoms with Crippen molar-refractivity contribution in [2.75, 3.05) is 17.9 Å². The second-order valence-corrected chi connectivity index (χ2v) is 8.73. The number of benzene rings is 3. The number of aryl methyl sites for hydroxylation is 1. The predicted octanol–water partition coefficient (Wildman–Crippen LogP) is 3.92. The monoisotopic (exact) mass is 439 g/mol. The molecule has 7 nitrogen and oxygen atoms in total. The van der Waals surface area contributed by atoms with Crippen molar-refractivity contribution in [1.82, 2.24) is 0 Å². The molecule has 0 atom stereocenters. The van der Waals surface area contributed by atoms with Gasteiger partial charge in [-0.15, -0.1) is 0 Å². The van der Waals surface area contributed by atoms with E-state index in [9.17, 15) is 13.2 Å². The molecule has 31 heavy (non-hydrogen) atoms. The Labute approximate surface area is 180 Å². The van der Waals surface area contributed by atoms with E-state index in [4.69, 9.17) is 14.2 Å². The summed E-state index contributed by atoms with van der Waals surface area (Å²) in [5, 5.41) is 0. The van der Waals surface area contributed by atoms with Gasteiger partial charge in [-0.1, -0.05) is 29.8 Å². The van der Waals surface area contributed by atoms with Crippen LogP contribution in [0.3, 0.4) is 0 Å². The van der Waals surface area contributed by atoms with Gasteiger partial charge in [0.25, 0.3) is 10.0 Å². The first-order valence-corrected chi connectivity index (χ1v) is 11.1. The number of hydrogen-bond acceptors (Lipinski definition) is 6. The van der Waals surface area contributed by atoms with Gasteiger partial charge in [-0.25, -0.2) is 13.2 Å². The lowest BCUT2D eigenvalue weighted by Gasteiger charge is -2.19. The first-order valence-electron chi connectivity index (χ1n) is 9.66. The summed E-state index contributed by atoms with van der Waals surface area (Å²) >= 11 is 0. The number of ether oxygens (including phenoxy) is 3. The van der Waals surface area contributed by atoms with E-state index in [0.717, 1.165) is 11.1 Å². The van der Waals surface area contributed by atoms with Crippen LogP contribution < -0.4 is 14.2 Å². The lowest BCUT2D eigenvalue weighted by molar-refractivity contribution is 0.0472. The highest BCUT2D eigenvalue weighted by Crippen LogP contribution is 2.32. The minimum atomic E-state index is -3.83. The number of anilines is 1. The number of esters is 1. The van der Waals surface area contributed by atoms with Crippen molar-refractivity contribution in [3.63, 3.8) is 0 Å². The fraction of sp³-hybridized carbons (Fsp3) is 0.174. The quantitative estimate of drug-likeness (QED) is 0.586. The standard InChI is InChI=1S/C23H21NO6S/c1-16-2-4-17(5-3-16)15-30-23(25)18-6-8-19(9-7-18)24-31(26,27)20-10-11-21-22(14-20)29-13-12-28-21/h2-11,14,24H,12-13,15H2,1H3. The van der Waals surface area contributed by atoms with Crippen LogP contribution in [-0.4, -0.2) is 27.6 Å². The van der Waals surface area contributed by atoms with Gasteiger partial charge >= 0.3 is 5.97 Å². The summed E-state index contributed by atoms with van der Waals surface area (Å²) < 4.78 is 44.0. The summed E-state index contributed by atoms with van der Waals surface area (Å²) in [6.07, 6.45) is 0. The third-order valence-corrected chi connectivity index (χ3v) is 6.07. The van der Waals surface area contributed by atoms with E-state index in [1.807, 2.05) is 31.2 Å². The molecule has 0 bridgehead atoms. The molecule has 0 spiro atoms. The molecule has 1 N–H and O–H groups in total. The number of nitrogens with one attached hydrogen (secondary N) is 1. The fourth-order valence-electron chi connectivity index (χ4n) is 3.00. The molecule has 0 aliphatic carbocycles. The highest BCUT2D eigenvalue weighted by molar-refractivity contribution is 7.92. The second kappa shape index (κ2) is 8.69. The molecule has 3 aromatic carbocycles. The Morgan fingerprint density at radius 3 is 2.32 bits per heavy atom. The molecule has 1 aliphatic heterocycles. The molecule has 4 rings (SSSR count). The molecule has 0 fully saturated rings. The van der Waals surface area contributed by atoms with Crippen LogP contribution in [-0.2, 0) is 21.4 Å². The van der Waals surface area contributed by atoms with E-state index in [1.54, 1.807) is 6.07 Å². The maximum absolute atomic E-state index is 12.7. The maximum atomic E-state index is 12.7. The van der Waals surface area contributed by atoms with Crippen molar-refractivity contribution in [2.24, 2.45) is 0 Å². The summed E-state index contributed by atoms with van der Waals surface area (Å²) in [7, 11) is -3.83. The largest absolute Gasteiger partial charge is 0.486 e. The number of sulfonamides is 1. The van der Waals surface area contributed by atoms with Crippen LogP contribution in [0.1, 0.15) is 21.5 Å². The molecule has 0 aromatic heterocycles. The lowest BCUT2D eigenvalue weighted by Crippen LogP contribution is -2.17. The fourth-order valence-corrected chi connectivity index (χ4v) is 4.07. The van der Waals surface area contributed by atoms with Crippen molar-refractivity contribution in [2.45, 2.75) is 18.4 Å².